The Balaban J connectivity index is 1.45. The van der Waals surface area contributed by atoms with Gasteiger partial charge in [-0.1, -0.05) is 34.1 Å². The smallest absolute Gasteiger partial charge is 0.203 e. The monoisotopic (exact) mass is 372 g/mol. The van der Waals surface area contributed by atoms with Crippen molar-refractivity contribution in [3.05, 3.63) is 53.0 Å². The summed E-state index contributed by atoms with van der Waals surface area (Å²) >= 11 is 3.63. The predicted octanol–water partition coefficient (Wildman–Crippen LogP) is 2.21. The van der Waals surface area contributed by atoms with Crippen molar-refractivity contribution in [3.8, 4) is 0 Å². The number of anilines is 1. The number of hydrogen-bond donors (Lipinski definition) is 0. The standard InChI is InChI=1S/C16H17BrN6/c17-14-4-2-1-3-13(14)11-21-7-9-22(10-8-21)15-16-20-19-12-23(16)6-5-18-15/h1-6,12H,7-11H2. The van der Waals surface area contributed by atoms with Gasteiger partial charge in [0.15, 0.2) is 5.82 Å². The second-order valence-corrected chi connectivity index (χ2v) is 6.52. The number of benzene rings is 1. The van der Waals surface area contributed by atoms with Crippen LogP contribution in [0.3, 0.4) is 0 Å². The molecule has 0 unspecified atom stereocenters. The molecule has 0 saturated carbocycles. The fourth-order valence-corrected chi connectivity index (χ4v) is 3.36. The summed E-state index contributed by atoms with van der Waals surface area (Å²) in [5, 5.41) is 8.15. The Morgan fingerprint density at radius 1 is 1.09 bits per heavy atom. The number of fused-ring (bicyclic) bond motifs is 1. The van der Waals surface area contributed by atoms with E-state index in [-0.39, 0.29) is 0 Å². The van der Waals surface area contributed by atoms with E-state index in [9.17, 15) is 0 Å². The van der Waals surface area contributed by atoms with Gasteiger partial charge in [-0.25, -0.2) is 4.98 Å². The number of hydrogen-bond acceptors (Lipinski definition) is 5. The first-order chi connectivity index (χ1) is 11.3. The van der Waals surface area contributed by atoms with Crippen LogP contribution in [0.15, 0.2) is 47.5 Å². The molecule has 4 rings (SSSR count). The third-order valence-electron chi connectivity index (χ3n) is 4.22. The largest absolute Gasteiger partial charge is 0.351 e. The zero-order valence-corrected chi connectivity index (χ0v) is 14.2. The number of aromatic nitrogens is 4. The lowest BCUT2D eigenvalue weighted by atomic mass is 10.2. The van der Waals surface area contributed by atoms with E-state index < -0.39 is 0 Å². The third kappa shape index (κ3) is 2.94. The Labute approximate surface area is 142 Å². The van der Waals surface area contributed by atoms with Gasteiger partial charge < -0.3 is 4.90 Å². The van der Waals surface area contributed by atoms with Crippen LogP contribution in [0, 0.1) is 0 Å². The van der Waals surface area contributed by atoms with Crippen LogP contribution < -0.4 is 4.90 Å². The highest BCUT2D eigenvalue weighted by Crippen LogP contribution is 2.21. The zero-order valence-electron chi connectivity index (χ0n) is 12.6. The molecule has 2 aromatic heterocycles. The Kier molecular flexibility index (Phi) is 3.97. The molecule has 23 heavy (non-hydrogen) atoms. The lowest BCUT2D eigenvalue weighted by molar-refractivity contribution is 0.249. The van der Waals surface area contributed by atoms with E-state index in [4.69, 9.17) is 0 Å². The van der Waals surface area contributed by atoms with Crippen molar-refractivity contribution >= 4 is 27.4 Å². The Bertz CT molecular complexity index is 809. The topological polar surface area (TPSA) is 49.6 Å². The molecule has 3 aromatic rings. The summed E-state index contributed by atoms with van der Waals surface area (Å²) in [6.07, 6.45) is 5.39. The van der Waals surface area contributed by atoms with Gasteiger partial charge in [-0.2, -0.15) is 0 Å². The summed E-state index contributed by atoms with van der Waals surface area (Å²) in [4.78, 5) is 9.27. The van der Waals surface area contributed by atoms with Gasteiger partial charge in [-0.3, -0.25) is 9.30 Å². The Morgan fingerprint density at radius 2 is 1.91 bits per heavy atom. The number of halogens is 1. The second-order valence-electron chi connectivity index (χ2n) is 5.67. The zero-order chi connectivity index (χ0) is 15.6. The molecule has 0 radical (unpaired) electrons. The van der Waals surface area contributed by atoms with Crippen molar-refractivity contribution in [1.82, 2.24) is 24.5 Å². The van der Waals surface area contributed by atoms with Crippen LogP contribution in [0.25, 0.3) is 5.65 Å². The van der Waals surface area contributed by atoms with Gasteiger partial charge in [0, 0.05) is 49.6 Å². The van der Waals surface area contributed by atoms with Gasteiger partial charge in [0.05, 0.1) is 0 Å². The highest BCUT2D eigenvalue weighted by atomic mass is 79.9. The molecule has 0 amide bonds. The maximum atomic E-state index is 4.50. The molecule has 0 bridgehead atoms. The summed E-state index contributed by atoms with van der Waals surface area (Å²) in [6, 6.07) is 8.42. The molecule has 0 aliphatic carbocycles. The van der Waals surface area contributed by atoms with E-state index in [1.54, 1.807) is 12.5 Å². The second kappa shape index (κ2) is 6.25. The quantitative estimate of drug-likeness (QED) is 0.705. The third-order valence-corrected chi connectivity index (χ3v) is 4.99. The van der Waals surface area contributed by atoms with Crippen LogP contribution in [0.1, 0.15) is 5.56 Å². The van der Waals surface area contributed by atoms with Crippen LogP contribution in [0.5, 0.6) is 0 Å². The van der Waals surface area contributed by atoms with Gasteiger partial charge in [-0.05, 0) is 11.6 Å². The van der Waals surface area contributed by atoms with E-state index in [1.165, 1.54) is 10.0 Å². The summed E-state index contributed by atoms with van der Waals surface area (Å²) in [5.74, 6) is 0.922. The van der Waals surface area contributed by atoms with Gasteiger partial charge in [0.25, 0.3) is 0 Å². The first-order valence-corrected chi connectivity index (χ1v) is 8.45. The molecule has 1 fully saturated rings. The molecule has 1 aliphatic heterocycles. The first-order valence-electron chi connectivity index (χ1n) is 7.66. The summed E-state index contributed by atoms with van der Waals surface area (Å²) < 4.78 is 3.09. The molecule has 0 N–H and O–H groups in total. The van der Waals surface area contributed by atoms with Gasteiger partial charge in [-0.15, -0.1) is 10.2 Å². The van der Waals surface area contributed by atoms with Gasteiger partial charge in [0.2, 0.25) is 5.65 Å². The maximum absolute atomic E-state index is 4.50. The van der Waals surface area contributed by atoms with Gasteiger partial charge in [0.1, 0.15) is 6.33 Å². The number of piperazine rings is 1. The molecule has 0 spiro atoms. The maximum Gasteiger partial charge on any atom is 0.203 e. The minimum absolute atomic E-state index is 0.826. The normalized spacial score (nSPS) is 16.1. The molecular weight excluding hydrogens is 356 g/mol. The van der Waals surface area contributed by atoms with E-state index in [0.29, 0.717) is 0 Å². The van der Waals surface area contributed by atoms with Crippen LogP contribution >= 0.6 is 15.9 Å². The minimum atomic E-state index is 0.826. The van der Waals surface area contributed by atoms with Crippen LogP contribution in [0.4, 0.5) is 5.82 Å². The first kappa shape index (κ1) is 14.6. The molecule has 0 atom stereocenters. The summed E-state index contributed by atoms with van der Waals surface area (Å²) in [6.45, 7) is 4.89. The van der Waals surface area contributed by atoms with E-state index in [2.05, 4.69) is 65.2 Å². The Hall–Kier alpha value is -1.99. The van der Waals surface area contributed by atoms with Crippen LogP contribution in [-0.2, 0) is 6.54 Å². The molecule has 6 nitrogen and oxygen atoms in total. The summed E-state index contributed by atoms with van der Waals surface area (Å²) in [7, 11) is 0. The van der Waals surface area contributed by atoms with Crippen molar-refractivity contribution in [1.29, 1.82) is 0 Å². The van der Waals surface area contributed by atoms with Crippen molar-refractivity contribution in [2.24, 2.45) is 0 Å². The van der Waals surface area contributed by atoms with E-state index in [0.717, 1.165) is 44.2 Å². The predicted molar refractivity (Wildman–Crippen MR) is 92.4 cm³/mol. The molecule has 118 valence electrons. The highest BCUT2D eigenvalue weighted by Gasteiger charge is 2.21. The van der Waals surface area contributed by atoms with Gasteiger partial charge >= 0.3 is 0 Å². The number of nitrogens with zero attached hydrogens (tertiary/aromatic N) is 6. The SMILES string of the molecule is Brc1ccccc1CN1CCN(c2nccn3cnnc23)CC1. The van der Waals surface area contributed by atoms with E-state index in [1.807, 2.05) is 10.6 Å². The van der Waals surface area contributed by atoms with Crippen molar-refractivity contribution in [2.75, 3.05) is 31.1 Å². The van der Waals surface area contributed by atoms with Crippen molar-refractivity contribution in [3.63, 3.8) is 0 Å². The number of rotatable bonds is 3. The fraction of sp³-hybridized carbons (Fsp3) is 0.312. The lowest BCUT2D eigenvalue weighted by Gasteiger charge is -2.35. The molecule has 3 heterocycles. The Morgan fingerprint density at radius 3 is 2.74 bits per heavy atom. The lowest BCUT2D eigenvalue weighted by Crippen LogP contribution is -2.46. The average molecular weight is 373 g/mol. The van der Waals surface area contributed by atoms with Crippen molar-refractivity contribution in [2.45, 2.75) is 6.54 Å². The average Bonchev–Trinajstić information content (AvgIpc) is 3.06. The molecule has 1 aromatic carbocycles. The van der Waals surface area contributed by atoms with Crippen molar-refractivity contribution < 1.29 is 0 Å². The van der Waals surface area contributed by atoms with Crippen LogP contribution in [-0.4, -0.2) is 50.7 Å². The summed E-state index contributed by atoms with van der Waals surface area (Å²) in [5.41, 5.74) is 2.16. The fourth-order valence-electron chi connectivity index (χ4n) is 2.95. The molecule has 7 heteroatoms. The highest BCUT2D eigenvalue weighted by molar-refractivity contribution is 9.10. The van der Waals surface area contributed by atoms with Crippen LogP contribution in [0.2, 0.25) is 0 Å². The minimum Gasteiger partial charge on any atom is -0.351 e. The van der Waals surface area contributed by atoms with E-state index >= 15 is 0 Å². The molecule has 1 saturated heterocycles. The molecule has 1 aliphatic rings. The molecular formula is C16H17BrN6.